The summed E-state index contributed by atoms with van der Waals surface area (Å²) in [4.78, 5) is 38.2. The number of carbonyl (C=O) groups excluding carboxylic acids is 3. The fourth-order valence-electron chi connectivity index (χ4n) is 1.97. The molecule has 9 heteroatoms. The number of pyridine rings is 1. The molecule has 0 aliphatic heterocycles. The number of ether oxygens (including phenoxy) is 3. The van der Waals surface area contributed by atoms with E-state index in [1.54, 1.807) is 30.3 Å². The summed E-state index contributed by atoms with van der Waals surface area (Å²) in [6.45, 7) is 0. The predicted molar refractivity (Wildman–Crippen MR) is 95.0 cm³/mol. The van der Waals surface area contributed by atoms with Crippen molar-refractivity contribution in [1.82, 2.24) is 4.98 Å². The van der Waals surface area contributed by atoms with E-state index in [9.17, 15) is 14.4 Å². The highest BCUT2D eigenvalue weighted by Crippen LogP contribution is 2.25. The second kappa shape index (κ2) is 8.99. The minimum absolute atomic E-state index is 0.0655. The van der Waals surface area contributed by atoms with Gasteiger partial charge in [0.1, 0.15) is 22.9 Å². The first-order valence-corrected chi connectivity index (χ1v) is 7.61. The topological polar surface area (TPSA) is 130 Å². The lowest BCUT2D eigenvalue weighted by molar-refractivity contribution is -0.138. The summed E-state index contributed by atoms with van der Waals surface area (Å²) in [5.74, 6) is -1.37. The average molecular weight is 371 g/mol. The van der Waals surface area contributed by atoms with E-state index in [0.717, 1.165) is 6.08 Å². The number of methoxy groups -OCH3 is 2. The number of carbonyl (C=O) groups is 3. The Bertz CT molecular complexity index is 894. The zero-order chi connectivity index (χ0) is 19.8. The van der Waals surface area contributed by atoms with Crippen molar-refractivity contribution >= 4 is 23.5 Å². The summed E-state index contributed by atoms with van der Waals surface area (Å²) >= 11 is 0. The van der Waals surface area contributed by atoms with Crippen LogP contribution in [0.15, 0.2) is 54.4 Å². The lowest BCUT2D eigenvalue weighted by atomic mass is 10.2. The van der Waals surface area contributed by atoms with Crippen LogP contribution in [0.5, 0.6) is 11.5 Å². The second-order valence-electron chi connectivity index (χ2n) is 5.07. The van der Waals surface area contributed by atoms with Crippen LogP contribution in [0.25, 0.3) is 0 Å². The molecule has 9 nitrogen and oxygen atoms in total. The number of benzene rings is 1. The van der Waals surface area contributed by atoms with Crippen LogP contribution in [0.3, 0.4) is 0 Å². The van der Waals surface area contributed by atoms with Crippen LogP contribution in [-0.4, -0.2) is 37.0 Å². The molecule has 1 aromatic carbocycles. The summed E-state index contributed by atoms with van der Waals surface area (Å²) in [5.41, 5.74) is 5.60. The van der Waals surface area contributed by atoms with Crippen molar-refractivity contribution in [1.29, 1.82) is 0 Å². The van der Waals surface area contributed by atoms with E-state index in [-0.39, 0.29) is 11.4 Å². The molecule has 1 heterocycles. The zero-order valence-electron chi connectivity index (χ0n) is 14.6. The van der Waals surface area contributed by atoms with Crippen LogP contribution in [0.4, 0.5) is 5.69 Å². The first-order valence-electron chi connectivity index (χ1n) is 7.61. The highest BCUT2D eigenvalue weighted by Gasteiger charge is 2.13. The van der Waals surface area contributed by atoms with Crippen molar-refractivity contribution in [3.8, 4) is 11.5 Å². The van der Waals surface area contributed by atoms with Gasteiger partial charge in [0, 0.05) is 24.0 Å². The number of esters is 2. The van der Waals surface area contributed by atoms with Gasteiger partial charge in [-0.3, -0.25) is 9.78 Å². The summed E-state index contributed by atoms with van der Waals surface area (Å²) in [6, 6.07) is 9.53. The lowest BCUT2D eigenvalue weighted by Gasteiger charge is -2.11. The van der Waals surface area contributed by atoms with Crippen molar-refractivity contribution in [2.24, 2.45) is 5.73 Å². The Kier molecular flexibility index (Phi) is 6.48. The van der Waals surface area contributed by atoms with E-state index >= 15 is 0 Å². The number of nitrogens with two attached hydrogens (primary N) is 1. The van der Waals surface area contributed by atoms with E-state index < -0.39 is 17.8 Å². The smallest absolute Gasteiger partial charge is 0.354 e. The lowest BCUT2D eigenvalue weighted by Crippen LogP contribution is -2.15. The molecule has 1 amide bonds. The van der Waals surface area contributed by atoms with Gasteiger partial charge in [-0.15, -0.1) is 0 Å². The summed E-state index contributed by atoms with van der Waals surface area (Å²) in [7, 11) is 2.38. The van der Waals surface area contributed by atoms with Gasteiger partial charge in [-0.1, -0.05) is 6.07 Å². The van der Waals surface area contributed by atoms with Crippen molar-refractivity contribution in [3.63, 3.8) is 0 Å². The van der Waals surface area contributed by atoms with E-state index in [4.69, 9.17) is 10.5 Å². The molecular formula is C18H17N3O6. The molecule has 0 aliphatic carbocycles. The van der Waals surface area contributed by atoms with Crippen molar-refractivity contribution in [2.75, 3.05) is 19.5 Å². The van der Waals surface area contributed by atoms with Crippen molar-refractivity contribution in [3.05, 3.63) is 60.1 Å². The highest BCUT2D eigenvalue weighted by atomic mass is 16.5. The fourth-order valence-corrected chi connectivity index (χ4v) is 1.97. The molecule has 0 saturated heterocycles. The molecule has 0 bridgehead atoms. The van der Waals surface area contributed by atoms with Crippen LogP contribution >= 0.6 is 0 Å². The highest BCUT2D eigenvalue weighted by molar-refractivity contribution is 5.98. The molecule has 140 valence electrons. The Balaban J connectivity index is 2.22. The number of hydrogen-bond acceptors (Lipinski definition) is 8. The van der Waals surface area contributed by atoms with Crippen LogP contribution < -0.4 is 15.8 Å². The van der Waals surface area contributed by atoms with Crippen molar-refractivity contribution < 1.29 is 28.6 Å². The minimum atomic E-state index is -0.744. The van der Waals surface area contributed by atoms with E-state index in [1.165, 1.54) is 26.5 Å². The van der Waals surface area contributed by atoms with Gasteiger partial charge in [-0.05, 0) is 18.2 Å². The quantitative estimate of drug-likeness (QED) is 0.555. The molecule has 27 heavy (non-hydrogen) atoms. The number of primary amides is 1. The molecular weight excluding hydrogens is 354 g/mol. The van der Waals surface area contributed by atoms with Gasteiger partial charge in [0.05, 0.1) is 20.3 Å². The molecule has 0 spiro atoms. The number of nitrogens with zero attached hydrogens (tertiary/aromatic N) is 1. The normalized spacial score (nSPS) is 10.7. The maximum Gasteiger partial charge on any atom is 0.354 e. The van der Waals surface area contributed by atoms with E-state index in [1.807, 2.05) is 0 Å². The third-order valence-electron chi connectivity index (χ3n) is 3.20. The Morgan fingerprint density at radius 2 is 1.81 bits per heavy atom. The predicted octanol–water partition coefficient (Wildman–Crippen LogP) is 1.61. The molecule has 0 unspecified atom stereocenters. The molecule has 2 rings (SSSR count). The Morgan fingerprint density at radius 3 is 2.48 bits per heavy atom. The van der Waals surface area contributed by atoms with Crippen LogP contribution in [0.1, 0.15) is 10.5 Å². The molecule has 0 saturated carbocycles. The summed E-state index contributed by atoms with van der Waals surface area (Å²) in [5, 5.41) is 2.77. The zero-order valence-corrected chi connectivity index (χ0v) is 14.6. The first kappa shape index (κ1) is 19.4. The summed E-state index contributed by atoms with van der Waals surface area (Å²) in [6.07, 6.45) is 2.37. The first-order chi connectivity index (χ1) is 12.9. The number of nitrogens with one attached hydrogen (secondary N) is 1. The molecule has 0 aliphatic rings. The van der Waals surface area contributed by atoms with Gasteiger partial charge in [0.25, 0.3) is 5.91 Å². The van der Waals surface area contributed by atoms with Gasteiger partial charge >= 0.3 is 11.9 Å². The van der Waals surface area contributed by atoms with E-state index in [0.29, 0.717) is 17.2 Å². The number of rotatable bonds is 7. The molecule has 3 N–H and O–H groups in total. The number of anilines is 1. The van der Waals surface area contributed by atoms with Crippen LogP contribution in [-0.2, 0) is 19.1 Å². The Morgan fingerprint density at radius 1 is 1.07 bits per heavy atom. The van der Waals surface area contributed by atoms with Gasteiger partial charge in [0.2, 0.25) is 0 Å². The Hall–Kier alpha value is -3.88. The SMILES string of the molecule is COC(=O)/C=C(/Nc1cccc(Oc2ccnc(C(N)=O)c2)c1)C(=O)OC. The molecule has 0 radical (unpaired) electrons. The maximum absolute atomic E-state index is 11.8. The van der Waals surface area contributed by atoms with Crippen LogP contribution in [0.2, 0.25) is 0 Å². The van der Waals surface area contributed by atoms with Gasteiger partial charge in [-0.25, -0.2) is 9.59 Å². The number of amides is 1. The van der Waals surface area contributed by atoms with Gasteiger partial charge in [-0.2, -0.15) is 0 Å². The molecule has 1 aromatic heterocycles. The third-order valence-corrected chi connectivity index (χ3v) is 3.20. The summed E-state index contributed by atoms with van der Waals surface area (Å²) < 4.78 is 14.8. The average Bonchev–Trinajstić information content (AvgIpc) is 2.67. The minimum Gasteiger partial charge on any atom is -0.466 e. The monoisotopic (exact) mass is 371 g/mol. The van der Waals surface area contributed by atoms with E-state index in [2.05, 4.69) is 19.8 Å². The standard InChI is InChI=1S/C18H17N3O6/c1-25-16(22)10-15(18(24)26-2)21-11-4-3-5-12(8-11)27-13-6-7-20-14(9-13)17(19)23/h3-10,21H,1-2H3,(H2,19,23)/b15-10+. The second-order valence-corrected chi connectivity index (χ2v) is 5.07. The fraction of sp³-hybridized carbons (Fsp3) is 0.111. The number of hydrogen-bond donors (Lipinski definition) is 2. The van der Waals surface area contributed by atoms with Crippen LogP contribution in [0, 0.1) is 0 Å². The molecule has 0 atom stereocenters. The Labute approximate surface area is 154 Å². The van der Waals surface area contributed by atoms with Gasteiger partial charge in [0.15, 0.2) is 0 Å². The third kappa shape index (κ3) is 5.56. The molecule has 2 aromatic rings. The molecule has 0 fully saturated rings. The van der Waals surface area contributed by atoms with Crippen molar-refractivity contribution in [2.45, 2.75) is 0 Å². The number of aromatic nitrogens is 1. The van der Waals surface area contributed by atoms with Gasteiger partial charge < -0.3 is 25.3 Å². The maximum atomic E-state index is 11.8. The largest absolute Gasteiger partial charge is 0.466 e.